The van der Waals surface area contributed by atoms with Crippen LogP contribution in [0.5, 0.6) is 0 Å². The number of rotatable bonds is 2. The predicted octanol–water partition coefficient (Wildman–Crippen LogP) is -1.34. The largest absolute Gasteiger partial charge is 0.369 e. The summed E-state index contributed by atoms with van der Waals surface area (Å²) in [6.45, 7) is 0. The van der Waals surface area contributed by atoms with Crippen LogP contribution < -0.4 is 10.5 Å². The van der Waals surface area contributed by atoms with Crippen molar-refractivity contribution in [3.63, 3.8) is 0 Å². The van der Waals surface area contributed by atoms with Gasteiger partial charge in [-0.3, -0.25) is 9.52 Å². The zero-order valence-electron chi connectivity index (χ0n) is 6.02. The summed E-state index contributed by atoms with van der Waals surface area (Å²) in [5.41, 5.74) is 5.09. The first-order valence-electron chi connectivity index (χ1n) is 3.05. The van der Waals surface area contributed by atoms with E-state index in [-0.39, 0.29) is 12.1 Å². The molecule has 7 heteroatoms. The fourth-order valence-corrected chi connectivity index (χ4v) is 1.45. The van der Waals surface area contributed by atoms with Crippen LogP contribution in [-0.4, -0.2) is 20.5 Å². The van der Waals surface area contributed by atoms with Gasteiger partial charge in [0.05, 0.1) is 6.42 Å². The van der Waals surface area contributed by atoms with E-state index in [1.807, 2.05) is 0 Å². The standard InChI is InChI=1S/C5H7N3O3S/c6-5(9)3-4-1-2-7-12(10,11)8-4/h1-2,8H,3H2,(H2,6,9). The third-order valence-electron chi connectivity index (χ3n) is 1.10. The molecule has 0 fully saturated rings. The fourth-order valence-electron chi connectivity index (χ4n) is 0.709. The average Bonchev–Trinajstić information content (AvgIpc) is 1.82. The van der Waals surface area contributed by atoms with E-state index in [4.69, 9.17) is 5.73 Å². The van der Waals surface area contributed by atoms with E-state index in [0.717, 1.165) is 6.21 Å². The molecule has 0 radical (unpaired) electrons. The van der Waals surface area contributed by atoms with Crippen molar-refractivity contribution in [2.45, 2.75) is 6.42 Å². The molecule has 1 aliphatic rings. The molecule has 66 valence electrons. The minimum absolute atomic E-state index is 0.134. The molecule has 0 unspecified atom stereocenters. The molecule has 0 aliphatic carbocycles. The number of carbonyl (C=O) groups excluding carboxylic acids is 1. The molecule has 12 heavy (non-hydrogen) atoms. The van der Waals surface area contributed by atoms with Gasteiger partial charge in [-0.15, -0.1) is 0 Å². The SMILES string of the molecule is NC(=O)CC1=CC=NS(=O)(=O)N1. The van der Waals surface area contributed by atoms with Crippen molar-refractivity contribution in [3.8, 4) is 0 Å². The lowest BCUT2D eigenvalue weighted by atomic mass is 10.3. The molecule has 0 aromatic rings. The van der Waals surface area contributed by atoms with Gasteiger partial charge in [-0.05, 0) is 6.08 Å². The minimum atomic E-state index is -3.63. The van der Waals surface area contributed by atoms with Gasteiger partial charge >= 0.3 is 10.2 Å². The molecule has 0 aromatic heterocycles. The van der Waals surface area contributed by atoms with Gasteiger partial charge in [0, 0.05) is 11.9 Å². The lowest BCUT2D eigenvalue weighted by molar-refractivity contribution is -0.117. The Morgan fingerprint density at radius 3 is 2.83 bits per heavy atom. The normalized spacial score (nSPS) is 19.5. The first-order chi connectivity index (χ1) is 5.49. The molecule has 0 saturated carbocycles. The van der Waals surface area contributed by atoms with Crippen LogP contribution in [0, 0.1) is 0 Å². The number of carbonyl (C=O) groups is 1. The van der Waals surface area contributed by atoms with Gasteiger partial charge in [-0.1, -0.05) is 0 Å². The van der Waals surface area contributed by atoms with Crippen molar-refractivity contribution in [3.05, 3.63) is 11.8 Å². The molecule has 6 nitrogen and oxygen atoms in total. The van der Waals surface area contributed by atoms with Crippen molar-refractivity contribution in [1.29, 1.82) is 0 Å². The molecule has 1 amide bonds. The quantitative estimate of drug-likeness (QED) is 0.562. The number of allylic oxidation sites excluding steroid dienone is 1. The number of amides is 1. The second kappa shape index (κ2) is 2.94. The van der Waals surface area contributed by atoms with Crippen molar-refractivity contribution in [2.75, 3.05) is 0 Å². The summed E-state index contributed by atoms with van der Waals surface area (Å²) in [5, 5.41) is 0. The number of nitrogens with two attached hydrogens (primary N) is 1. The number of nitrogens with one attached hydrogen (secondary N) is 1. The van der Waals surface area contributed by atoms with E-state index in [2.05, 4.69) is 9.12 Å². The molecule has 0 aromatic carbocycles. The molecule has 0 bridgehead atoms. The van der Waals surface area contributed by atoms with Crippen molar-refractivity contribution in [2.24, 2.45) is 10.1 Å². The van der Waals surface area contributed by atoms with Gasteiger partial charge in [0.1, 0.15) is 0 Å². The second-order valence-electron chi connectivity index (χ2n) is 2.17. The van der Waals surface area contributed by atoms with E-state index < -0.39 is 16.1 Å². The maximum atomic E-state index is 10.7. The van der Waals surface area contributed by atoms with Crippen molar-refractivity contribution < 1.29 is 13.2 Å². The average molecular weight is 189 g/mol. The summed E-state index contributed by atoms with van der Waals surface area (Å²) in [4.78, 5) is 10.4. The Morgan fingerprint density at radius 1 is 1.67 bits per heavy atom. The molecule has 0 spiro atoms. The Bertz CT molecular complexity index is 354. The van der Waals surface area contributed by atoms with Crippen LogP contribution in [0.25, 0.3) is 0 Å². The minimum Gasteiger partial charge on any atom is -0.369 e. The third kappa shape index (κ3) is 2.35. The van der Waals surface area contributed by atoms with E-state index >= 15 is 0 Å². The maximum Gasteiger partial charge on any atom is 0.341 e. The highest BCUT2D eigenvalue weighted by Gasteiger charge is 2.13. The van der Waals surface area contributed by atoms with Crippen LogP contribution in [0.15, 0.2) is 16.2 Å². The van der Waals surface area contributed by atoms with Crippen LogP contribution in [0.4, 0.5) is 0 Å². The van der Waals surface area contributed by atoms with E-state index in [0.29, 0.717) is 0 Å². The summed E-state index contributed by atoms with van der Waals surface area (Å²) >= 11 is 0. The highest BCUT2D eigenvalue weighted by Crippen LogP contribution is 2.03. The smallest absolute Gasteiger partial charge is 0.341 e. The van der Waals surface area contributed by atoms with Crippen molar-refractivity contribution >= 4 is 22.3 Å². The number of nitrogens with zero attached hydrogens (tertiary/aromatic N) is 1. The van der Waals surface area contributed by atoms with Crippen LogP contribution in [0.1, 0.15) is 6.42 Å². The lowest BCUT2D eigenvalue weighted by Gasteiger charge is -2.08. The fraction of sp³-hybridized carbons (Fsp3) is 0.200. The zero-order valence-corrected chi connectivity index (χ0v) is 6.84. The Kier molecular flexibility index (Phi) is 2.13. The first kappa shape index (κ1) is 8.72. The highest BCUT2D eigenvalue weighted by atomic mass is 32.2. The second-order valence-corrected chi connectivity index (χ2v) is 3.53. The van der Waals surface area contributed by atoms with Gasteiger partial charge in [0.2, 0.25) is 5.91 Å². The molecule has 1 heterocycles. The Balaban J connectivity index is 2.77. The van der Waals surface area contributed by atoms with E-state index in [1.54, 1.807) is 0 Å². The highest BCUT2D eigenvalue weighted by molar-refractivity contribution is 7.88. The zero-order chi connectivity index (χ0) is 9.19. The molecule has 1 rings (SSSR count). The first-order valence-corrected chi connectivity index (χ1v) is 4.49. The molecule has 0 atom stereocenters. The third-order valence-corrected chi connectivity index (χ3v) is 2.02. The number of hydrogen-bond acceptors (Lipinski definition) is 3. The predicted molar refractivity (Wildman–Crippen MR) is 42.4 cm³/mol. The van der Waals surface area contributed by atoms with E-state index in [1.165, 1.54) is 6.08 Å². The summed E-state index contributed by atoms with van der Waals surface area (Å²) < 4.78 is 26.7. The van der Waals surface area contributed by atoms with Gasteiger partial charge in [-0.25, -0.2) is 0 Å². The summed E-state index contributed by atoms with van der Waals surface area (Å²) in [6.07, 6.45) is 2.35. The van der Waals surface area contributed by atoms with Crippen LogP contribution in [0.3, 0.4) is 0 Å². The molecule has 3 N–H and O–H groups in total. The topological polar surface area (TPSA) is 102 Å². The number of primary amides is 1. The molecule has 1 aliphatic heterocycles. The van der Waals surface area contributed by atoms with Gasteiger partial charge in [0.25, 0.3) is 0 Å². The Labute approximate surface area is 69.3 Å². The van der Waals surface area contributed by atoms with Gasteiger partial charge < -0.3 is 5.73 Å². The van der Waals surface area contributed by atoms with Crippen LogP contribution in [0.2, 0.25) is 0 Å². The maximum absolute atomic E-state index is 10.7. The van der Waals surface area contributed by atoms with Gasteiger partial charge in [0.15, 0.2) is 0 Å². The van der Waals surface area contributed by atoms with Crippen molar-refractivity contribution in [1.82, 2.24) is 4.72 Å². The van der Waals surface area contributed by atoms with E-state index in [9.17, 15) is 13.2 Å². The summed E-state index contributed by atoms with van der Waals surface area (Å²) in [6, 6.07) is 0. The number of hydrogen-bond donors (Lipinski definition) is 2. The summed E-state index contributed by atoms with van der Waals surface area (Å²) in [7, 11) is -3.63. The summed E-state index contributed by atoms with van der Waals surface area (Å²) in [5.74, 6) is -0.598. The van der Waals surface area contributed by atoms with Crippen LogP contribution >= 0.6 is 0 Å². The molecule has 0 saturated heterocycles. The van der Waals surface area contributed by atoms with Crippen LogP contribution in [-0.2, 0) is 15.0 Å². The molecular weight excluding hydrogens is 182 g/mol. The monoisotopic (exact) mass is 189 g/mol. The Hall–Kier alpha value is -1.37. The Morgan fingerprint density at radius 2 is 2.33 bits per heavy atom. The van der Waals surface area contributed by atoms with Gasteiger partial charge in [-0.2, -0.15) is 12.8 Å². The lowest BCUT2D eigenvalue weighted by Crippen LogP contribution is -2.27. The molecular formula is C5H7N3O3S.